The summed E-state index contributed by atoms with van der Waals surface area (Å²) in [5, 5.41) is 0. The smallest absolute Gasteiger partial charge is 0.258 e. The number of hydrogen-bond donors (Lipinski definition) is 2. The van der Waals surface area contributed by atoms with Crippen LogP contribution in [0.15, 0.2) is 22.7 Å². The van der Waals surface area contributed by atoms with E-state index in [1.165, 1.54) is 12.1 Å². The van der Waals surface area contributed by atoms with Gasteiger partial charge in [-0.2, -0.15) is 0 Å². The van der Waals surface area contributed by atoms with Crippen molar-refractivity contribution in [3.05, 3.63) is 34.1 Å². The second-order valence-electron chi connectivity index (χ2n) is 3.69. The summed E-state index contributed by atoms with van der Waals surface area (Å²) in [6.07, 6.45) is 0. The fraction of sp³-hybridized carbons (Fsp3) is 0.182. The summed E-state index contributed by atoms with van der Waals surface area (Å²) >= 11 is 3.03. The molecule has 0 aliphatic carbocycles. The zero-order chi connectivity index (χ0) is 14.6. The molecule has 1 aromatic carbocycles. The van der Waals surface area contributed by atoms with Gasteiger partial charge in [0.2, 0.25) is 11.8 Å². The van der Waals surface area contributed by atoms with E-state index in [1.807, 2.05) is 0 Å². The molecule has 3 amide bonds. The Bertz CT molecular complexity index is 500. The Balaban J connectivity index is 3.11. The van der Waals surface area contributed by atoms with Crippen molar-refractivity contribution in [2.45, 2.75) is 0 Å². The van der Waals surface area contributed by atoms with Gasteiger partial charge in [0.25, 0.3) is 5.91 Å². The van der Waals surface area contributed by atoms with E-state index in [9.17, 15) is 18.8 Å². The molecule has 4 N–H and O–H groups in total. The van der Waals surface area contributed by atoms with Crippen LogP contribution in [0.4, 0.5) is 4.39 Å². The number of primary amides is 2. The number of nitrogens with two attached hydrogens (primary N) is 2. The Kier molecular flexibility index (Phi) is 4.99. The van der Waals surface area contributed by atoms with E-state index in [1.54, 1.807) is 0 Å². The quantitative estimate of drug-likeness (QED) is 0.792. The van der Waals surface area contributed by atoms with Crippen LogP contribution in [-0.2, 0) is 9.59 Å². The molecule has 19 heavy (non-hydrogen) atoms. The third-order valence-electron chi connectivity index (χ3n) is 2.16. The molecule has 0 saturated heterocycles. The molecule has 0 radical (unpaired) electrons. The molecule has 1 aromatic rings. The van der Waals surface area contributed by atoms with Crippen molar-refractivity contribution >= 4 is 33.7 Å². The van der Waals surface area contributed by atoms with E-state index in [0.29, 0.717) is 0 Å². The topological polar surface area (TPSA) is 106 Å². The van der Waals surface area contributed by atoms with Gasteiger partial charge in [0.1, 0.15) is 18.9 Å². The van der Waals surface area contributed by atoms with Gasteiger partial charge in [-0.15, -0.1) is 0 Å². The summed E-state index contributed by atoms with van der Waals surface area (Å²) in [4.78, 5) is 34.6. The molecule has 0 aliphatic rings. The van der Waals surface area contributed by atoms with Gasteiger partial charge >= 0.3 is 0 Å². The SMILES string of the molecule is NC(=O)CN(CC(N)=O)C(=O)c1c(F)cccc1Br. The maximum atomic E-state index is 13.6. The second kappa shape index (κ2) is 6.28. The first kappa shape index (κ1) is 15.1. The number of nitrogens with zero attached hydrogens (tertiary/aromatic N) is 1. The highest BCUT2D eigenvalue weighted by Gasteiger charge is 2.24. The molecule has 0 saturated carbocycles. The lowest BCUT2D eigenvalue weighted by molar-refractivity contribution is -0.121. The normalized spacial score (nSPS) is 10.0. The van der Waals surface area contributed by atoms with Gasteiger partial charge in [0, 0.05) is 4.47 Å². The van der Waals surface area contributed by atoms with Crippen LogP contribution in [0.5, 0.6) is 0 Å². The van der Waals surface area contributed by atoms with Crippen LogP contribution in [0, 0.1) is 5.82 Å². The van der Waals surface area contributed by atoms with E-state index < -0.39 is 36.6 Å². The number of benzene rings is 1. The Morgan fingerprint density at radius 3 is 2.11 bits per heavy atom. The summed E-state index contributed by atoms with van der Waals surface area (Å²) in [5.41, 5.74) is 9.65. The minimum atomic E-state index is -0.845. The fourth-order valence-corrected chi connectivity index (χ4v) is 1.95. The van der Waals surface area contributed by atoms with E-state index in [-0.39, 0.29) is 10.0 Å². The zero-order valence-electron chi connectivity index (χ0n) is 9.73. The molecule has 1 rings (SSSR count). The monoisotopic (exact) mass is 331 g/mol. The Morgan fingerprint density at radius 2 is 1.68 bits per heavy atom. The number of halogens is 2. The molecule has 0 unspecified atom stereocenters. The van der Waals surface area contributed by atoms with Crippen LogP contribution in [0.2, 0.25) is 0 Å². The van der Waals surface area contributed by atoms with Crippen molar-refractivity contribution in [1.82, 2.24) is 4.90 Å². The lowest BCUT2D eigenvalue weighted by Crippen LogP contribution is -2.43. The molecule has 0 fully saturated rings. The predicted octanol–water partition coefficient (Wildman–Crippen LogP) is 0.001000. The van der Waals surface area contributed by atoms with Crippen LogP contribution in [-0.4, -0.2) is 35.7 Å². The lowest BCUT2D eigenvalue weighted by atomic mass is 10.2. The number of hydrogen-bond acceptors (Lipinski definition) is 3. The first-order chi connectivity index (χ1) is 8.82. The Labute approximate surface area is 116 Å². The van der Waals surface area contributed by atoms with Crippen molar-refractivity contribution in [2.75, 3.05) is 13.1 Å². The predicted molar refractivity (Wildman–Crippen MR) is 68.4 cm³/mol. The van der Waals surface area contributed by atoms with Crippen molar-refractivity contribution in [3.8, 4) is 0 Å². The standard InChI is InChI=1S/C11H11BrFN3O3/c12-6-2-1-3-7(13)10(6)11(19)16(4-8(14)17)5-9(15)18/h1-3H,4-5H2,(H2,14,17)(H2,15,18). The van der Waals surface area contributed by atoms with Gasteiger partial charge in [0.05, 0.1) is 5.56 Å². The van der Waals surface area contributed by atoms with Gasteiger partial charge < -0.3 is 16.4 Å². The highest BCUT2D eigenvalue weighted by atomic mass is 79.9. The Morgan fingerprint density at radius 1 is 1.16 bits per heavy atom. The highest BCUT2D eigenvalue weighted by Crippen LogP contribution is 2.21. The average molecular weight is 332 g/mol. The molecule has 0 spiro atoms. The maximum absolute atomic E-state index is 13.6. The molecule has 0 heterocycles. The molecule has 6 nitrogen and oxygen atoms in total. The van der Waals surface area contributed by atoms with Gasteiger partial charge in [-0.05, 0) is 28.1 Å². The lowest BCUT2D eigenvalue weighted by Gasteiger charge is -2.20. The number of amides is 3. The third kappa shape index (κ3) is 4.02. The van der Waals surface area contributed by atoms with Crippen molar-refractivity contribution in [3.63, 3.8) is 0 Å². The second-order valence-corrected chi connectivity index (χ2v) is 4.54. The van der Waals surface area contributed by atoms with E-state index in [4.69, 9.17) is 11.5 Å². The maximum Gasteiger partial charge on any atom is 0.258 e. The molecular weight excluding hydrogens is 321 g/mol. The number of rotatable bonds is 5. The zero-order valence-corrected chi connectivity index (χ0v) is 11.3. The van der Waals surface area contributed by atoms with Gasteiger partial charge in [-0.1, -0.05) is 6.07 Å². The minimum absolute atomic E-state index is 0.205. The molecule has 102 valence electrons. The largest absolute Gasteiger partial charge is 0.368 e. The molecular formula is C11H11BrFN3O3. The first-order valence-electron chi connectivity index (χ1n) is 5.12. The molecule has 8 heteroatoms. The Hall–Kier alpha value is -1.96. The van der Waals surface area contributed by atoms with Crippen molar-refractivity contribution in [1.29, 1.82) is 0 Å². The van der Waals surface area contributed by atoms with Gasteiger partial charge in [-0.3, -0.25) is 14.4 Å². The van der Waals surface area contributed by atoms with E-state index in [2.05, 4.69) is 15.9 Å². The molecule has 0 aliphatic heterocycles. The van der Waals surface area contributed by atoms with Crippen LogP contribution in [0.1, 0.15) is 10.4 Å². The van der Waals surface area contributed by atoms with E-state index >= 15 is 0 Å². The molecule has 0 bridgehead atoms. The summed E-state index contributed by atoms with van der Waals surface area (Å²) in [6.45, 7) is -1.05. The van der Waals surface area contributed by atoms with Crippen molar-refractivity contribution in [2.24, 2.45) is 11.5 Å². The average Bonchev–Trinajstić information content (AvgIpc) is 2.26. The minimum Gasteiger partial charge on any atom is -0.368 e. The van der Waals surface area contributed by atoms with Crippen LogP contribution in [0.3, 0.4) is 0 Å². The summed E-state index contributed by atoms with van der Waals surface area (Å²) in [7, 11) is 0. The molecule has 0 aromatic heterocycles. The fourth-order valence-electron chi connectivity index (χ4n) is 1.44. The summed E-state index contributed by atoms with van der Waals surface area (Å²) < 4.78 is 13.8. The summed E-state index contributed by atoms with van der Waals surface area (Å²) in [6, 6.07) is 3.95. The van der Waals surface area contributed by atoms with Gasteiger partial charge in [-0.25, -0.2) is 4.39 Å². The highest BCUT2D eigenvalue weighted by molar-refractivity contribution is 9.10. The summed E-state index contributed by atoms with van der Waals surface area (Å²) in [5.74, 6) is -3.29. The number of carbonyl (C=O) groups is 3. The number of carbonyl (C=O) groups excluding carboxylic acids is 3. The molecule has 0 atom stereocenters. The van der Waals surface area contributed by atoms with E-state index in [0.717, 1.165) is 11.0 Å². The van der Waals surface area contributed by atoms with Crippen LogP contribution in [0.25, 0.3) is 0 Å². The van der Waals surface area contributed by atoms with Gasteiger partial charge in [0.15, 0.2) is 0 Å². The van der Waals surface area contributed by atoms with Crippen molar-refractivity contribution < 1.29 is 18.8 Å². The van der Waals surface area contributed by atoms with Crippen LogP contribution >= 0.6 is 15.9 Å². The third-order valence-corrected chi connectivity index (χ3v) is 2.82. The first-order valence-corrected chi connectivity index (χ1v) is 5.92. The van der Waals surface area contributed by atoms with Crippen LogP contribution < -0.4 is 11.5 Å².